The summed E-state index contributed by atoms with van der Waals surface area (Å²) in [6, 6.07) is 17.8. The van der Waals surface area contributed by atoms with E-state index in [9.17, 15) is 4.79 Å². The fraction of sp³-hybridized carbons (Fsp3) is 0.167. The molecule has 0 amide bonds. The first kappa shape index (κ1) is 13.4. The number of ether oxygens (including phenoxy) is 2. The summed E-state index contributed by atoms with van der Waals surface area (Å²) >= 11 is 0. The topological polar surface area (TPSA) is 35.5 Å². The molecule has 0 N–H and O–H groups in total. The van der Waals surface area contributed by atoms with Crippen molar-refractivity contribution in [1.29, 1.82) is 0 Å². The first-order chi connectivity index (χ1) is 10.3. The van der Waals surface area contributed by atoms with Crippen LogP contribution in [0.15, 0.2) is 60.4 Å². The Labute approximate surface area is 123 Å². The SMILES string of the molecule is COc1ccc(/C(=C2/CCC(=O)O2)c2ccccc2)cc1. The average molecular weight is 280 g/mol. The lowest BCUT2D eigenvalue weighted by atomic mass is 9.96. The predicted molar refractivity (Wildman–Crippen MR) is 80.8 cm³/mol. The Balaban J connectivity index is 2.10. The van der Waals surface area contributed by atoms with Crippen LogP contribution < -0.4 is 4.74 Å². The molecule has 2 aromatic rings. The molecular formula is C18H16O3. The lowest BCUT2D eigenvalue weighted by molar-refractivity contribution is -0.135. The molecule has 0 bridgehead atoms. The Kier molecular flexibility index (Phi) is 3.73. The van der Waals surface area contributed by atoms with Gasteiger partial charge in [-0.15, -0.1) is 0 Å². The standard InChI is InChI=1S/C18H16O3/c1-20-15-9-7-14(8-10-15)18(13-5-3-2-4-6-13)16-11-12-17(19)21-16/h2-10H,11-12H2,1H3/b18-16-. The van der Waals surface area contributed by atoms with Gasteiger partial charge in [0, 0.05) is 12.0 Å². The van der Waals surface area contributed by atoms with Crippen molar-refractivity contribution in [1.82, 2.24) is 0 Å². The summed E-state index contributed by atoms with van der Waals surface area (Å²) in [5.41, 5.74) is 3.04. The van der Waals surface area contributed by atoms with Gasteiger partial charge >= 0.3 is 5.97 Å². The summed E-state index contributed by atoms with van der Waals surface area (Å²) in [7, 11) is 1.64. The maximum absolute atomic E-state index is 11.4. The second-order valence-electron chi connectivity index (χ2n) is 4.87. The molecule has 21 heavy (non-hydrogen) atoms. The second-order valence-corrected chi connectivity index (χ2v) is 4.87. The molecule has 0 radical (unpaired) electrons. The number of esters is 1. The molecule has 1 heterocycles. The van der Waals surface area contributed by atoms with E-state index in [4.69, 9.17) is 9.47 Å². The maximum atomic E-state index is 11.4. The molecule has 1 aliphatic heterocycles. The number of methoxy groups -OCH3 is 1. The lowest BCUT2D eigenvalue weighted by Gasteiger charge is -2.12. The van der Waals surface area contributed by atoms with Crippen molar-refractivity contribution in [3.8, 4) is 5.75 Å². The molecule has 3 heteroatoms. The van der Waals surface area contributed by atoms with E-state index < -0.39 is 0 Å². The summed E-state index contributed by atoms with van der Waals surface area (Å²) < 4.78 is 10.6. The van der Waals surface area contributed by atoms with Crippen LogP contribution in [-0.2, 0) is 9.53 Å². The van der Waals surface area contributed by atoms with Crippen molar-refractivity contribution in [2.75, 3.05) is 7.11 Å². The van der Waals surface area contributed by atoms with E-state index >= 15 is 0 Å². The number of carbonyl (C=O) groups is 1. The van der Waals surface area contributed by atoms with Crippen molar-refractivity contribution in [2.45, 2.75) is 12.8 Å². The fourth-order valence-electron chi connectivity index (χ4n) is 2.48. The van der Waals surface area contributed by atoms with Crippen molar-refractivity contribution in [3.63, 3.8) is 0 Å². The largest absolute Gasteiger partial charge is 0.497 e. The highest BCUT2D eigenvalue weighted by Crippen LogP contribution is 2.33. The normalized spacial score (nSPS) is 16.5. The van der Waals surface area contributed by atoms with E-state index in [1.807, 2.05) is 54.6 Å². The number of hydrogen-bond donors (Lipinski definition) is 0. The summed E-state index contributed by atoms with van der Waals surface area (Å²) in [4.78, 5) is 11.4. The molecule has 106 valence electrons. The van der Waals surface area contributed by atoms with Crippen LogP contribution in [0.3, 0.4) is 0 Å². The van der Waals surface area contributed by atoms with Crippen molar-refractivity contribution in [2.24, 2.45) is 0 Å². The van der Waals surface area contributed by atoms with Gasteiger partial charge in [-0.1, -0.05) is 42.5 Å². The number of cyclic esters (lactones) is 1. The highest BCUT2D eigenvalue weighted by atomic mass is 16.5. The third-order valence-corrected chi connectivity index (χ3v) is 3.51. The van der Waals surface area contributed by atoms with E-state index in [1.54, 1.807) is 7.11 Å². The zero-order valence-corrected chi connectivity index (χ0v) is 11.8. The van der Waals surface area contributed by atoms with Gasteiger partial charge in [0.15, 0.2) is 0 Å². The van der Waals surface area contributed by atoms with Crippen LogP contribution in [0.5, 0.6) is 5.75 Å². The van der Waals surface area contributed by atoms with Gasteiger partial charge in [-0.3, -0.25) is 4.79 Å². The Hall–Kier alpha value is -2.55. The van der Waals surface area contributed by atoms with Gasteiger partial charge < -0.3 is 9.47 Å². The molecule has 1 aliphatic rings. The molecule has 0 aromatic heterocycles. The molecule has 0 saturated carbocycles. The fourth-order valence-corrected chi connectivity index (χ4v) is 2.48. The minimum atomic E-state index is -0.160. The highest BCUT2D eigenvalue weighted by Gasteiger charge is 2.23. The number of rotatable bonds is 3. The number of allylic oxidation sites excluding steroid dienone is 1. The monoisotopic (exact) mass is 280 g/mol. The van der Waals surface area contributed by atoms with Crippen LogP contribution in [0.2, 0.25) is 0 Å². The highest BCUT2D eigenvalue weighted by molar-refractivity contribution is 5.85. The molecule has 0 aliphatic carbocycles. The van der Waals surface area contributed by atoms with Crippen LogP contribution in [0.1, 0.15) is 24.0 Å². The summed E-state index contributed by atoms with van der Waals surface area (Å²) in [6.07, 6.45) is 1.09. The smallest absolute Gasteiger partial charge is 0.311 e. The Bertz CT molecular complexity index is 669. The van der Waals surface area contributed by atoms with Crippen LogP contribution in [0.25, 0.3) is 5.57 Å². The van der Waals surface area contributed by atoms with E-state index in [1.165, 1.54) is 0 Å². The van der Waals surface area contributed by atoms with Crippen LogP contribution in [0.4, 0.5) is 0 Å². The van der Waals surface area contributed by atoms with Crippen molar-refractivity contribution in [3.05, 3.63) is 71.5 Å². The number of carbonyl (C=O) groups excluding carboxylic acids is 1. The molecule has 0 atom stereocenters. The van der Waals surface area contributed by atoms with Gasteiger partial charge in [0.2, 0.25) is 0 Å². The van der Waals surface area contributed by atoms with E-state index in [0.717, 1.165) is 28.2 Å². The van der Waals surface area contributed by atoms with Gasteiger partial charge in [-0.25, -0.2) is 0 Å². The zero-order chi connectivity index (χ0) is 14.7. The molecular weight excluding hydrogens is 264 g/mol. The van der Waals surface area contributed by atoms with Gasteiger partial charge in [-0.05, 0) is 23.3 Å². The summed E-state index contributed by atoms with van der Waals surface area (Å²) in [5.74, 6) is 1.39. The molecule has 2 aromatic carbocycles. The number of benzene rings is 2. The minimum Gasteiger partial charge on any atom is -0.497 e. The molecule has 3 nitrogen and oxygen atoms in total. The lowest BCUT2D eigenvalue weighted by Crippen LogP contribution is -1.96. The molecule has 0 spiro atoms. The zero-order valence-electron chi connectivity index (χ0n) is 11.8. The first-order valence-electron chi connectivity index (χ1n) is 6.91. The molecule has 1 fully saturated rings. The maximum Gasteiger partial charge on any atom is 0.311 e. The average Bonchev–Trinajstić information content (AvgIpc) is 2.95. The van der Waals surface area contributed by atoms with Gasteiger partial charge in [-0.2, -0.15) is 0 Å². The molecule has 1 saturated heterocycles. The second kappa shape index (κ2) is 5.83. The van der Waals surface area contributed by atoms with E-state index in [2.05, 4.69) is 0 Å². The van der Waals surface area contributed by atoms with Crippen LogP contribution in [0, 0.1) is 0 Å². The summed E-state index contributed by atoms with van der Waals surface area (Å²) in [5, 5.41) is 0. The first-order valence-corrected chi connectivity index (χ1v) is 6.91. The van der Waals surface area contributed by atoms with E-state index in [-0.39, 0.29) is 5.97 Å². The van der Waals surface area contributed by atoms with Gasteiger partial charge in [0.25, 0.3) is 0 Å². The molecule has 0 unspecified atom stereocenters. The Morgan fingerprint density at radius 2 is 1.62 bits per heavy atom. The quantitative estimate of drug-likeness (QED) is 0.802. The Morgan fingerprint density at radius 3 is 2.19 bits per heavy atom. The summed E-state index contributed by atoms with van der Waals surface area (Å²) in [6.45, 7) is 0. The van der Waals surface area contributed by atoms with Crippen molar-refractivity contribution >= 4 is 11.5 Å². The molecule has 3 rings (SSSR count). The third kappa shape index (κ3) is 2.82. The van der Waals surface area contributed by atoms with Crippen molar-refractivity contribution < 1.29 is 14.3 Å². The Morgan fingerprint density at radius 1 is 0.952 bits per heavy atom. The predicted octanol–water partition coefficient (Wildman–Crippen LogP) is 3.79. The van der Waals surface area contributed by atoms with Crippen LogP contribution >= 0.6 is 0 Å². The third-order valence-electron chi connectivity index (χ3n) is 3.51. The minimum absolute atomic E-state index is 0.160. The van der Waals surface area contributed by atoms with Gasteiger partial charge in [0.1, 0.15) is 11.5 Å². The van der Waals surface area contributed by atoms with E-state index in [0.29, 0.717) is 12.8 Å². The van der Waals surface area contributed by atoms with Gasteiger partial charge in [0.05, 0.1) is 13.5 Å². The van der Waals surface area contributed by atoms with Crippen LogP contribution in [-0.4, -0.2) is 13.1 Å². The number of hydrogen-bond acceptors (Lipinski definition) is 3.